The molecule has 2 rings (SSSR count). The predicted octanol–water partition coefficient (Wildman–Crippen LogP) is 2.79. The van der Waals surface area contributed by atoms with Crippen LogP contribution >= 0.6 is 0 Å². The molecule has 1 heterocycles. The van der Waals surface area contributed by atoms with E-state index >= 15 is 0 Å². The number of aromatic nitrogens is 3. The Labute approximate surface area is 119 Å². The molecule has 20 heavy (non-hydrogen) atoms. The van der Waals surface area contributed by atoms with Gasteiger partial charge in [0.05, 0.1) is 6.21 Å². The highest BCUT2D eigenvalue weighted by atomic mass is 15.4. The zero-order valence-electron chi connectivity index (χ0n) is 12.1. The zero-order valence-corrected chi connectivity index (χ0v) is 12.1. The van der Waals surface area contributed by atoms with Gasteiger partial charge in [0.15, 0.2) is 0 Å². The van der Waals surface area contributed by atoms with E-state index < -0.39 is 0 Å². The fraction of sp³-hybridized carbons (Fsp3) is 0.400. The Morgan fingerprint density at radius 3 is 2.20 bits per heavy atom. The maximum absolute atomic E-state index is 4.24. The first kappa shape index (κ1) is 14.2. The van der Waals surface area contributed by atoms with E-state index in [0.29, 0.717) is 0 Å². The van der Waals surface area contributed by atoms with Gasteiger partial charge in [0, 0.05) is 18.8 Å². The highest BCUT2D eigenvalue weighted by Crippen LogP contribution is 2.15. The van der Waals surface area contributed by atoms with E-state index in [2.05, 4.69) is 58.3 Å². The number of nitrogens with zero attached hydrogens (tertiary/aromatic N) is 5. The van der Waals surface area contributed by atoms with E-state index in [1.54, 1.807) is 23.5 Å². The van der Waals surface area contributed by atoms with E-state index in [1.807, 2.05) is 0 Å². The quantitative estimate of drug-likeness (QED) is 0.727. The Morgan fingerprint density at radius 1 is 1.05 bits per heavy atom. The molecule has 1 aromatic carbocycles. The van der Waals surface area contributed by atoms with Crippen LogP contribution < -0.4 is 4.90 Å². The minimum atomic E-state index is 1.07. The van der Waals surface area contributed by atoms with Crippen LogP contribution in [0, 0.1) is 0 Å². The van der Waals surface area contributed by atoms with E-state index in [1.165, 1.54) is 5.69 Å². The van der Waals surface area contributed by atoms with Crippen molar-refractivity contribution in [3.05, 3.63) is 42.5 Å². The maximum Gasteiger partial charge on any atom is 0.141 e. The number of hydrogen-bond acceptors (Lipinski definition) is 4. The van der Waals surface area contributed by atoms with E-state index in [9.17, 15) is 0 Å². The van der Waals surface area contributed by atoms with Crippen molar-refractivity contribution in [2.45, 2.75) is 26.7 Å². The number of rotatable bonds is 7. The van der Waals surface area contributed by atoms with Crippen LogP contribution in [0.5, 0.6) is 0 Å². The third kappa shape index (κ3) is 3.91. The molecule has 5 heteroatoms. The fourth-order valence-corrected chi connectivity index (χ4v) is 2.07. The second-order valence-corrected chi connectivity index (χ2v) is 4.67. The lowest BCUT2D eigenvalue weighted by molar-refractivity contribution is 0.745. The van der Waals surface area contributed by atoms with Crippen molar-refractivity contribution in [1.29, 1.82) is 0 Å². The summed E-state index contributed by atoms with van der Waals surface area (Å²) in [7, 11) is 0. The van der Waals surface area contributed by atoms with Gasteiger partial charge in [-0.05, 0) is 30.5 Å². The van der Waals surface area contributed by atoms with Gasteiger partial charge in [0.1, 0.15) is 12.7 Å². The Hall–Kier alpha value is -2.17. The van der Waals surface area contributed by atoms with Gasteiger partial charge in [0.2, 0.25) is 0 Å². The molecule has 5 nitrogen and oxygen atoms in total. The molecule has 0 aliphatic rings. The van der Waals surface area contributed by atoms with Crippen LogP contribution in [0.2, 0.25) is 0 Å². The van der Waals surface area contributed by atoms with Crippen molar-refractivity contribution in [1.82, 2.24) is 14.9 Å². The van der Waals surface area contributed by atoms with Gasteiger partial charge in [-0.25, -0.2) is 4.68 Å². The molecule has 0 saturated heterocycles. The second-order valence-electron chi connectivity index (χ2n) is 4.67. The van der Waals surface area contributed by atoms with Crippen molar-refractivity contribution >= 4 is 11.9 Å². The normalized spacial score (nSPS) is 11.1. The lowest BCUT2D eigenvalue weighted by Crippen LogP contribution is -2.24. The monoisotopic (exact) mass is 271 g/mol. The molecule has 0 saturated carbocycles. The molecule has 1 aromatic heterocycles. The summed E-state index contributed by atoms with van der Waals surface area (Å²) in [5, 5.41) is 11.6. The molecule has 0 unspecified atom stereocenters. The van der Waals surface area contributed by atoms with Crippen molar-refractivity contribution in [2.75, 3.05) is 18.0 Å². The van der Waals surface area contributed by atoms with Gasteiger partial charge in [0.25, 0.3) is 0 Å². The Kier molecular flexibility index (Phi) is 5.29. The van der Waals surface area contributed by atoms with Crippen molar-refractivity contribution in [2.24, 2.45) is 5.10 Å². The molecular formula is C15H21N5. The van der Waals surface area contributed by atoms with Gasteiger partial charge in [-0.2, -0.15) is 5.10 Å². The number of anilines is 1. The average Bonchev–Trinajstić information content (AvgIpc) is 2.99. The van der Waals surface area contributed by atoms with Crippen LogP contribution in [0.25, 0.3) is 0 Å². The second kappa shape index (κ2) is 7.43. The molecule has 2 aromatic rings. The molecule has 0 radical (unpaired) electrons. The Bertz CT molecular complexity index is 510. The molecule has 0 bridgehead atoms. The van der Waals surface area contributed by atoms with Gasteiger partial charge in [-0.3, -0.25) is 0 Å². The Morgan fingerprint density at radius 2 is 1.65 bits per heavy atom. The molecular weight excluding hydrogens is 250 g/mol. The number of hydrogen-bond donors (Lipinski definition) is 0. The molecule has 0 aliphatic heterocycles. The van der Waals surface area contributed by atoms with E-state index in [0.717, 1.165) is 31.5 Å². The molecule has 0 atom stereocenters. The first-order chi connectivity index (χ1) is 9.83. The molecule has 106 valence electrons. The highest BCUT2D eigenvalue weighted by molar-refractivity contribution is 5.80. The van der Waals surface area contributed by atoms with Crippen LogP contribution in [0.3, 0.4) is 0 Å². The summed E-state index contributed by atoms with van der Waals surface area (Å²) in [6.07, 6.45) is 7.26. The highest BCUT2D eigenvalue weighted by Gasteiger charge is 2.03. The van der Waals surface area contributed by atoms with Gasteiger partial charge in [-0.15, -0.1) is 10.2 Å². The summed E-state index contributed by atoms with van der Waals surface area (Å²) >= 11 is 0. The standard InChI is InChI=1S/C15H21N5/c1-3-9-19(10-4-2)15-7-5-14(6-8-15)11-18-20-12-16-17-13-20/h5-8,11-13H,3-4,9-10H2,1-2H3. The predicted molar refractivity (Wildman–Crippen MR) is 82.3 cm³/mol. The van der Waals surface area contributed by atoms with Crippen LogP contribution in [0.1, 0.15) is 32.3 Å². The fourth-order valence-electron chi connectivity index (χ4n) is 2.07. The smallest absolute Gasteiger partial charge is 0.141 e. The Balaban J connectivity index is 2.05. The molecule has 0 spiro atoms. The minimum Gasteiger partial charge on any atom is -0.372 e. The lowest BCUT2D eigenvalue weighted by atomic mass is 10.2. The summed E-state index contributed by atoms with van der Waals surface area (Å²) in [4.78, 5) is 2.42. The summed E-state index contributed by atoms with van der Waals surface area (Å²) in [6.45, 7) is 6.62. The molecule has 0 fully saturated rings. The maximum atomic E-state index is 4.24. The summed E-state index contributed by atoms with van der Waals surface area (Å²) < 4.78 is 1.58. The third-order valence-corrected chi connectivity index (χ3v) is 2.99. The third-order valence-electron chi connectivity index (χ3n) is 2.99. The zero-order chi connectivity index (χ0) is 14.2. The first-order valence-corrected chi connectivity index (χ1v) is 7.07. The van der Waals surface area contributed by atoms with Crippen LogP contribution in [0.4, 0.5) is 5.69 Å². The molecule has 0 N–H and O–H groups in total. The average molecular weight is 271 g/mol. The van der Waals surface area contributed by atoms with Crippen LogP contribution in [0.15, 0.2) is 42.0 Å². The van der Waals surface area contributed by atoms with E-state index in [4.69, 9.17) is 0 Å². The molecule has 0 amide bonds. The van der Waals surface area contributed by atoms with Gasteiger partial charge >= 0.3 is 0 Å². The summed E-state index contributed by atoms with van der Waals surface area (Å²) in [5.74, 6) is 0. The van der Waals surface area contributed by atoms with Crippen molar-refractivity contribution in [3.8, 4) is 0 Å². The van der Waals surface area contributed by atoms with Crippen LogP contribution in [-0.4, -0.2) is 34.2 Å². The van der Waals surface area contributed by atoms with Crippen molar-refractivity contribution < 1.29 is 0 Å². The summed E-state index contributed by atoms with van der Waals surface area (Å²) in [5.41, 5.74) is 2.34. The minimum absolute atomic E-state index is 1.07. The lowest BCUT2D eigenvalue weighted by Gasteiger charge is -2.23. The summed E-state index contributed by atoms with van der Waals surface area (Å²) in [6, 6.07) is 8.47. The largest absolute Gasteiger partial charge is 0.372 e. The SMILES string of the molecule is CCCN(CCC)c1ccc(C=Nn2cnnc2)cc1. The van der Waals surface area contributed by atoms with Gasteiger partial charge < -0.3 is 4.90 Å². The van der Waals surface area contributed by atoms with E-state index in [-0.39, 0.29) is 0 Å². The molecule has 0 aliphatic carbocycles. The first-order valence-electron chi connectivity index (χ1n) is 7.07. The van der Waals surface area contributed by atoms with Crippen LogP contribution in [-0.2, 0) is 0 Å². The number of benzene rings is 1. The topological polar surface area (TPSA) is 46.3 Å². The van der Waals surface area contributed by atoms with Gasteiger partial charge in [-0.1, -0.05) is 26.0 Å². The van der Waals surface area contributed by atoms with Crippen molar-refractivity contribution in [3.63, 3.8) is 0 Å².